The van der Waals surface area contributed by atoms with Crippen molar-refractivity contribution in [3.8, 4) is 0 Å². The molecule has 3 heterocycles. The Labute approximate surface area is 185 Å². The highest BCUT2D eigenvalue weighted by atomic mass is 79.9. The predicted molar refractivity (Wildman–Crippen MR) is 109 cm³/mol. The maximum Gasteiger partial charge on any atom is 0.302 e. The zero-order chi connectivity index (χ0) is 21.1. The fourth-order valence-electron chi connectivity index (χ4n) is 3.86. The topological polar surface area (TPSA) is 76.0 Å². The summed E-state index contributed by atoms with van der Waals surface area (Å²) in [4.78, 5) is 23.0. The molecule has 2 fully saturated rings. The van der Waals surface area contributed by atoms with Crippen molar-refractivity contribution in [2.75, 3.05) is 6.61 Å². The Hall–Kier alpha value is -1.16. The van der Waals surface area contributed by atoms with Gasteiger partial charge in [-0.05, 0) is 41.9 Å². The third-order valence-corrected chi connectivity index (χ3v) is 6.50. The highest BCUT2D eigenvalue weighted by Gasteiger charge is 2.56. The molecule has 10 heteroatoms. The van der Waals surface area contributed by atoms with Gasteiger partial charge in [-0.3, -0.25) is 9.59 Å². The summed E-state index contributed by atoms with van der Waals surface area (Å²) in [7, 11) is 0. The molecule has 29 heavy (non-hydrogen) atoms. The Balaban J connectivity index is 1.82. The van der Waals surface area contributed by atoms with Crippen LogP contribution < -0.4 is 0 Å². The molecular formula is C19H18BrCl2NO6. The van der Waals surface area contributed by atoms with E-state index in [0.717, 1.165) is 6.29 Å². The molecule has 2 aliphatic rings. The number of carbonyl (C=O) groups excluding carboxylic acids is 2. The minimum Gasteiger partial charge on any atom is -0.463 e. The van der Waals surface area contributed by atoms with Gasteiger partial charge < -0.3 is 23.5 Å². The van der Waals surface area contributed by atoms with Crippen molar-refractivity contribution in [3.63, 3.8) is 0 Å². The maximum atomic E-state index is 11.8. The second-order valence-electron chi connectivity index (χ2n) is 7.41. The third-order valence-electron chi connectivity index (χ3n) is 4.97. The molecule has 0 radical (unpaired) electrons. The molecule has 1 aromatic heterocycles. The number of nitrogens with zero attached hydrogens (tertiary/aromatic N) is 1. The van der Waals surface area contributed by atoms with Crippen molar-refractivity contribution in [3.05, 3.63) is 32.3 Å². The first kappa shape index (κ1) is 21.1. The molecule has 1 aromatic carbocycles. The molecule has 0 saturated carbocycles. The SMILES string of the molecule is CC(=O)OC[C@H]1O[C@@H](n2c(Br)c(C=O)c3cc(Cl)c(Cl)cc32)C2OC(C)(C)OC21. The number of benzene rings is 1. The van der Waals surface area contributed by atoms with E-state index in [9.17, 15) is 9.59 Å². The van der Waals surface area contributed by atoms with Gasteiger partial charge in [-0.2, -0.15) is 0 Å². The van der Waals surface area contributed by atoms with Crippen molar-refractivity contribution in [2.24, 2.45) is 0 Å². The summed E-state index contributed by atoms with van der Waals surface area (Å²) in [6.45, 7) is 4.97. The van der Waals surface area contributed by atoms with Gasteiger partial charge in [0.05, 0.1) is 25.7 Å². The van der Waals surface area contributed by atoms with E-state index in [2.05, 4.69) is 15.9 Å². The normalized spacial score (nSPS) is 27.9. The van der Waals surface area contributed by atoms with Gasteiger partial charge in [0.15, 0.2) is 18.3 Å². The average molecular weight is 507 g/mol. The lowest BCUT2D eigenvalue weighted by Gasteiger charge is -2.25. The monoisotopic (exact) mass is 505 g/mol. The van der Waals surface area contributed by atoms with E-state index < -0.39 is 36.3 Å². The molecule has 156 valence electrons. The predicted octanol–water partition coefficient (Wildman–Crippen LogP) is 4.50. The van der Waals surface area contributed by atoms with Crippen LogP contribution in [0, 0.1) is 0 Å². The smallest absolute Gasteiger partial charge is 0.302 e. The van der Waals surface area contributed by atoms with Crippen LogP contribution in [0.5, 0.6) is 0 Å². The van der Waals surface area contributed by atoms with Crippen molar-refractivity contribution < 1.29 is 28.5 Å². The summed E-state index contributed by atoms with van der Waals surface area (Å²) < 4.78 is 25.7. The number of fused-ring (bicyclic) bond motifs is 2. The molecule has 4 atom stereocenters. The van der Waals surface area contributed by atoms with Crippen LogP contribution in [-0.4, -0.2) is 47.5 Å². The number of esters is 1. The molecule has 0 amide bonds. The Morgan fingerprint density at radius 2 is 1.93 bits per heavy atom. The Morgan fingerprint density at radius 1 is 1.28 bits per heavy atom. The highest BCUT2D eigenvalue weighted by Crippen LogP contribution is 2.47. The second kappa shape index (κ2) is 7.51. The Morgan fingerprint density at radius 3 is 2.59 bits per heavy atom. The van der Waals surface area contributed by atoms with E-state index in [0.29, 0.717) is 31.1 Å². The lowest BCUT2D eigenvalue weighted by molar-refractivity contribution is -0.202. The van der Waals surface area contributed by atoms with E-state index in [1.807, 2.05) is 13.8 Å². The minimum absolute atomic E-state index is 0.0242. The number of halogens is 3. The molecule has 0 N–H and O–H groups in total. The molecule has 2 unspecified atom stereocenters. The van der Waals surface area contributed by atoms with Crippen LogP contribution in [0.4, 0.5) is 0 Å². The minimum atomic E-state index is -0.838. The van der Waals surface area contributed by atoms with Crippen molar-refractivity contribution in [1.82, 2.24) is 4.57 Å². The van der Waals surface area contributed by atoms with Crippen LogP contribution in [0.25, 0.3) is 10.9 Å². The van der Waals surface area contributed by atoms with Crippen molar-refractivity contribution in [1.29, 1.82) is 0 Å². The van der Waals surface area contributed by atoms with Crippen molar-refractivity contribution >= 4 is 62.3 Å². The van der Waals surface area contributed by atoms with Gasteiger partial charge in [0.2, 0.25) is 0 Å². The van der Waals surface area contributed by atoms with Gasteiger partial charge >= 0.3 is 5.97 Å². The van der Waals surface area contributed by atoms with E-state index >= 15 is 0 Å². The zero-order valence-electron chi connectivity index (χ0n) is 15.8. The molecule has 0 aliphatic carbocycles. The lowest BCUT2D eigenvalue weighted by atomic mass is 10.1. The largest absolute Gasteiger partial charge is 0.463 e. The fraction of sp³-hybridized carbons (Fsp3) is 0.474. The van der Waals surface area contributed by atoms with Gasteiger partial charge in [0.1, 0.15) is 24.9 Å². The van der Waals surface area contributed by atoms with E-state index in [4.69, 9.17) is 42.1 Å². The van der Waals surface area contributed by atoms with Crippen LogP contribution >= 0.6 is 39.1 Å². The highest BCUT2D eigenvalue weighted by molar-refractivity contribution is 9.10. The number of aromatic nitrogens is 1. The van der Waals surface area contributed by atoms with Crippen LogP contribution in [0.1, 0.15) is 37.4 Å². The van der Waals surface area contributed by atoms with Crippen LogP contribution in [0.3, 0.4) is 0 Å². The van der Waals surface area contributed by atoms with Gasteiger partial charge in [-0.15, -0.1) is 0 Å². The number of carbonyl (C=O) groups is 2. The summed E-state index contributed by atoms with van der Waals surface area (Å²) in [6, 6.07) is 3.32. The molecule has 2 saturated heterocycles. The van der Waals surface area contributed by atoms with Crippen molar-refractivity contribution in [2.45, 2.75) is 51.1 Å². The first-order chi connectivity index (χ1) is 13.6. The van der Waals surface area contributed by atoms with Gasteiger partial charge in [-0.25, -0.2) is 0 Å². The number of rotatable bonds is 4. The lowest BCUT2D eigenvalue weighted by Crippen LogP contribution is -2.33. The van der Waals surface area contributed by atoms with Crippen LogP contribution in [0.15, 0.2) is 16.7 Å². The fourth-order valence-corrected chi connectivity index (χ4v) is 4.88. The Bertz CT molecular complexity index is 1010. The zero-order valence-corrected chi connectivity index (χ0v) is 18.9. The van der Waals surface area contributed by atoms with Crippen LogP contribution in [-0.2, 0) is 23.7 Å². The number of hydrogen-bond donors (Lipinski definition) is 0. The number of ether oxygens (including phenoxy) is 4. The molecule has 0 spiro atoms. The average Bonchev–Trinajstić information content (AvgIpc) is 3.20. The summed E-state index contributed by atoms with van der Waals surface area (Å²) in [5.41, 5.74) is 1.07. The number of hydrogen-bond acceptors (Lipinski definition) is 6. The van der Waals surface area contributed by atoms with Gasteiger partial charge in [0, 0.05) is 12.3 Å². The van der Waals surface area contributed by atoms with Gasteiger partial charge in [0.25, 0.3) is 0 Å². The van der Waals surface area contributed by atoms with E-state index in [-0.39, 0.29) is 6.61 Å². The Kier molecular flexibility index (Phi) is 5.46. The molecule has 2 aromatic rings. The molecule has 0 bridgehead atoms. The van der Waals surface area contributed by atoms with Gasteiger partial charge in [-0.1, -0.05) is 23.2 Å². The molecule has 4 rings (SSSR count). The maximum absolute atomic E-state index is 11.8. The molecule has 2 aliphatic heterocycles. The van der Waals surface area contributed by atoms with E-state index in [1.54, 1.807) is 16.7 Å². The summed E-state index contributed by atoms with van der Waals surface area (Å²) in [5.74, 6) is -1.25. The van der Waals surface area contributed by atoms with Crippen LogP contribution in [0.2, 0.25) is 10.0 Å². The summed E-state index contributed by atoms with van der Waals surface area (Å²) in [6.07, 6.45) is -1.40. The summed E-state index contributed by atoms with van der Waals surface area (Å²) >= 11 is 15.9. The molecule has 7 nitrogen and oxygen atoms in total. The quantitative estimate of drug-likeness (QED) is 0.448. The summed E-state index contributed by atoms with van der Waals surface area (Å²) in [5, 5.41) is 1.31. The van der Waals surface area contributed by atoms with E-state index in [1.165, 1.54) is 6.92 Å². The first-order valence-electron chi connectivity index (χ1n) is 8.91. The molecular weight excluding hydrogens is 489 g/mol. The standard InChI is InChI=1S/C19H18BrCl2NO6/c1-8(25)26-7-14-15-16(29-19(2,3)28-15)18(27-14)23-13-5-12(22)11(21)4-9(13)10(6-24)17(23)20/h4-6,14-16,18H,7H2,1-3H3/t14-,15?,16?,18-/m1/s1. The first-order valence-corrected chi connectivity index (χ1v) is 10.5. The second-order valence-corrected chi connectivity index (χ2v) is 8.97. The number of aldehydes is 1. The third kappa shape index (κ3) is 3.60.